The van der Waals surface area contributed by atoms with Crippen molar-refractivity contribution in [1.82, 2.24) is 4.90 Å². The van der Waals surface area contributed by atoms with Crippen LogP contribution in [0.3, 0.4) is 0 Å². The van der Waals surface area contributed by atoms with Crippen LogP contribution >= 0.6 is 0 Å². The summed E-state index contributed by atoms with van der Waals surface area (Å²) in [6.45, 7) is 10.0. The quantitative estimate of drug-likeness (QED) is 0.787. The molecule has 1 fully saturated rings. The molecule has 1 aliphatic carbocycles. The van der Waals surface area contributed by atoms with Crippen molar-refractivity contribution in [3.05, 3.63) is 35.9 Å². The third-order valence-corrected chi connectivity index (χ3v) is 3.87. The van der Waals surface area contributed by atoms with Gasteiger partial charge in [-0.3, -0.25) is 0 Å². The van der Waals surface area contributed by atoms with Crippen LogP contribution in [0.15, 0.2) is 30.3 Å². The van der Waals surface area contributed by atoms with Crippen molar-refractivity contribution in [2.24, 2.45) is 5.92 Å². The normalized spacial score (nSPS) is 22.4. The molecule has 0 N–H and O–H groups in total. The summed E-state index contributed by atoms with van der Waals surface area (Å²) >= 11 is 0. The van der Waals surface area contributed by atoms with Gasteiger partial charge in [0.25, 0.3) is 0 Å². The average molecular weight is 319 g/mol. The number of hydrogen-bond donors (Lipinski definition) is 0. The smallest absolute Gasteiger partial charge is 0.410 e. The average Bonchev–Trinajstić information content (AvgIpc) is 3.23. The minimum absolute atomic E-state index is 0.0233. The maximum absolute atomic E-state index is 12.1. The van der Waals surface area contributed by atoms with E-state index in [0.717, 1.165) is 18.3 Å². The molecule has 1 amide bonds. The first-order chi connectivity index (χ1) is 10.8. The molecule has 0 aliphatic heterocycles. The number of ether oxygens (including phenoxy) is 1. The van der Waals surface area contributed by atoms with E-state index < -0.39 is 5.60 Å². The number of likely N-dealkylation sites (N-methyl/N-ethyl adjacent to an activating group) is 1. The number of aldehydes is 1. The van der Waals surface area contributed by atoms with Gasteiger partial charge in [-0.25, -0.2) is 4.79 Å². The van der Waals surface area contributed by atoms with E-state index in [9.17, 15) is 9.59 Å². The van der Waals surface area contributed by atoms with Crippen molar-refractivity contribution >= 4 is 12.4 Å². The summed E-state index contributed by atoms with van der Waals surface area (Å²) in [5.74, 6) is -0.0233. The van der Waals surface area contributed by atoms with Gasteiger partial charge in [-0.1, -0.05) is 44.2 Å². The molecule has 2 atom stereocenters. The van der Waals surface area contributed by atoms with Crippen LogP contribution in [0.5, 0.6) is 0 Å². The molecular weight excluding hydrogens is 290 g/mol. The highest BCUT2D eigenvalue weighted by Crippen LogP contribution is 2.53. The molecule has 0 heterocycles. The van der Waals surface area contributed by atoms with Crippen molar-refractivity contribution < 1.29 is 14.3 Å². The lowest BCUT2D eigenvalue weighted by molar-refractivity contribution is -0.109. The van der Waals surface area contributed by atoms with Crippen LogP contribution in [-0.4, -0.2) is 36.5 Å². The largest absolute Gasteiger partial charge is 0.444 e. The van der Waals surface area contributed by atoms with Gasteiger partial charge in [0.05, 0.1) is 0 Å². The molecule has 0 spiro atoms. The fourth-order valence-electron chi connectivity index (χ4n) is 2.71. The Bertz CT molecular complexity index is 521. The van der Waals surface area contributed by atoms with Crippen LogP contribution in [0.4, 0.5) is 4.79 Å². The van der Waals surface area contributed by atoms with Gasteiger partial charge in [-0.2, -0.15) is 0 Å². The Morgan fingerprint density at radius 2 is 1.87 bits per heavy atom. The first-order valence-electron chi connectivity index (χ1n) is 8.23. The summed E-state index contributed by atoms with van der Waals surface area (Å²) in [6, 6.07) is 9.92. The van der Waals surface area contributed by atoms with Gasteiger partial charge in [-0.15, -0.1) is 0 Å². The van der Waals surface area contributed by atoms with E-state index in [1.807, 2.05) is 65.0 Å². The second-order valence-corrected chi connectivity index (χ2v) is 6.81. The van der Waals surface area contributed by atoms with Gasteiger partial charge < -0.3 is 14.4 Å². The topological polar surface area (TPSA) is 46.6 Å². The second-order valence-electron chi connectivity index (χ2n) is 6.81. The zero-order valence-electron chi connectivity index (χ0n) is 15.1. The zero-order chi connectivity index (χ0) is 17.7. The Morgan fingerprint density at radius 3 is 2.30 bits per heavy atom. The molecule has 2 unspecified atom stereocenters. The summed E-state index contributed by atoms with van der Waals surface area (Å²) in [4.78, 5) is 24.9. The Hall–Kier alpha value is -1.84. The lowest BCUT2D eigenvalue weighted by atomic mass is 9.93. The standard InChI is InChI=1S/C17H23NO3.C2H6/c1-16(2,3)21-15(20)18(4)12-17(10-14(17)11-19)13-8-6-5-7-9-13;1-2/h5-9,11,14H,10,12H2,1-4H3;1-2H3. The molecule has 0 saturated heterocycles. The first-order valence-corrected chi connectivity index (χ1v) is 8.23. The van der Waals surface area contributed by atoms with Crippen molar-refractivity contribution in [2.45, 2.75) is 52.1 Å². The molecule has 4 nitrogen and oxygen atoms in total. The van der Waals surface area contributed by atoms with Crippen LogP contribution < -0.4 is 0 Å². The predicted octanol–water partition coefficient (Wildman–Crippen LogP) is 4.04. The van der Waals surface area contributed by atoms with Gasteiger partial charge in [0.2, 0.25) is 0 Å². The summed E-state index contributed by atoms with van der Waals surface area (Å²) in [5, 5.41) is 0. The maximum Gasteiger partial charge on any atom is 0.410 e. The highest BCUT2D eigenvalue weighted by atomic mass is 16.6. The first kappa shape index (κ1) is 19.2. The van der Waals surface area contributed by atoms with E-state index in [0.29, 0.717) is 6.54 Å². The minimum atomic E-state index is -0.515. The summed E-state index contributed by atoms with van der Waals surface area (Å²) in [7, 11) is 1.72. The third kappa shape index (κ3) is 4.81. The van der Waals surface area contributed by atoms with E-state index >= 15 is 0 Å². The van der Waals surface area contributed by atoms with Crippen LogP contribution in [0.1, 0.15) is 46.6 Å². The molecule has 23 heavy (non-hydrogen) atoms. The molecule has 4 heteroatoms. The van der Waals surface area contributed by atoms with E-state index in [1.54, 1.807) is 11.9 Å². The predicted molar refractivity (Wildman–Crippen MR) is 92.5 cm³/mol. The van der Waals surface area contributed by atoms with E-state index in [1.165, 1.54) is 0 Å². The van der Waals surface area contributed by atoms with Gasteiger partial charge in [0.15, 0.2) is 0 Å². The molecule has 1 aromatic carbocycles. The van der Waals surface area contributed by atoms with Crippen molar-refractivity contribution in [3.8, 4) is 0 Å². The van der Waals surface area contributed by atoms with Crippen molar-refractivity contribution in [2.75, 3.05) is 13.6 Å². The number of hydrogen-bond acceptors (Lipinski definition) is 3. The molecule has 0 radical (unpaired) electrons. The van der Waals surface area contributed by atoms with Crippen LogP contribution in [0, 0.1) is 5.92 Å². The van der Waals surface area contributed by atoms with Crippen LogP contribution in [0.25, 0.3) is 0 Å². The summed E-state index contributed by atoms with van der Waals surface area (Å²) in [5.41, 5.74) is 0.338. The molecule has 1 saturated carbocycles. The Balaban J connectivity index is 0.00000127. The molecule has 0 aromatic heterocycles. The maximum atomic E-state index is 12.1. The summed E-state index contributed by atoms with van der Waals surface area (Å²) < 4.78 is 5.38. The Morgan fingerprint density at radius 1 is 1.30 bits per heavy atom. The fraction of sp³-hybridized carbons (Fsp3) is 0.579. The van der Waals surface area contributed by atoms with E-state index in [-0.39, 0.29) is 17.4 Å². The van der Waals surface area contributed by atoms with Crippen LogP contribution in [-0.2, 0) is 14.9 Å². The SMILES string of the molecule is CC.CN(CC1(c2ccccc2)CC1C=O)C(=O)OC(C)(C)C. The molecule has 1 aliphatic rings. The highest BCUT2D eigenvalue weighted by Gasteiger charge is 2.56. The fourth-order valence-corrected chi connectivity index (χ4v) is 2.71. The van der Waals surface area contributed by atoms with Gasteiger partial charge >= 0.3 is 6.09 Å². The van der Waals surface area contributed by atoms with Crippen LogP contribution in [0.2, 0.25) is 0 Å². The van der Waals surface area contributed by atoms with Gasteiger partial charge in [0, 0.05) is 24.9 Å². The Kier molecular flexibility index (Phi) is 6.37. The van der Waals surface area contributed by atoms with Crippen molar-refractivity contribution in [3.63, 3.8) is 0 Å². The lowest BCUT2D eigenvalue weighted by Crippen LogP contribution is -2.39. The third-order valence-electron chi connectivity index (χ3n) is 3.87. The number of nitrogens with zero attached hydrogens (tertiary/aromatic N) is 1. The molecule has 0 bridgehead atoms. The molecule has 128 valence electrons. The minimum Gasteiger partial charge on any atom is -0.444 e. The van der Waals surface area contributed by atoms with Gasteiger partial charge in [-0.05, 0) is 32.8 Å². The highest BCUT2D eigenvalue weighted by molar-refractivity contribution is 5.70. The van der Waals surface area contributed by atoms with Crippen molar-refractivity contribution in [1.29, 1.82) is 0 Å². The van der Waals surface area contributed by atoms with Gasteiger partial charge in [0.1, 0.15) is 11.9 Å². The molecule has 2 rings (SSSR count). The monoisotopic (exact) mass is 319 g/mol. The molecular formula is C19H29NO3. The number of carbonyl (C=O) groups is 2. The molecule has 1 aromatic rings. The Labute approximate surface area is 139 Å². The number of benzene rings is 1. The van der Waals surface area contributed by atoms with E-state index in [2.05, 4.69) is 0 Å². The number of amides is 1. The lowest BCUT2D eigenvalue weighted by Gasteiger charge is -2.28. The number of carbonyl (C=O) groups excluding carboxylic acids is 2. The zero-order valence-corrected chi connectivity index (χ0v) is 15.1. The summed E-state index contributed by atoms with van der Waals surface area (Å²) in [6.07, 6.45) is 1.43. The second kappa shape index (κ2) is 7.62. The number of rotatable bonds is 4. The van der Waals surface area contributed by atoms with E-state index in [4.69, 9.17) is 4.74 Å².